The first kappa shape index (κ1) is 21.9. The topological polar surface area (TPSA) is 93.8 Å². The molecule has 1 aromatic rings. The van der Waals surface area contributed by atoms with Gasteiger partial charge in [0.2, 0.25) is 11.8 Å². The molecule has 1 aromatic heterocycles. The summed E-state index contributed by atoms with van der Waals surface area (Å²) in [5.41, 5.74) is -0.734. The molecule has 2 bridgehead atoms. The normalized spacial score (nSPS) is 24.1. The van der Waals surface area contributed by atoms with Crippen molar-refractivity contribution < 1.29 is 18.8 Å². The van der Waals surface area contributed by atoms with Crippen molar-refractivity contribution in [2.75, 3.05) is 6.61 Å². The number of nitrogens with zero attached hydrogens (tertiary/aromatic N) is 2. The van der Waals surface area contributed by atoms with Crippen LogP contribution in [0.15, 0.2) is 14.4 Å². The largest absolute Gasteiger partial charge is 0.472 e. The Hall–Kier alpha value is -1.79. The number of thioether (sulfide) groups is 1. The zero-order valence-electron chi connectivity index (χ0n) is 17.7. The fourth-order valence-corrected chi connectivity index (χ4v) is 5.18. The molecule has 1 N–H and O–H groups in total. The van der Waals surface area contributed by atoms with Gasteiger partial charge in [-0.3, -0.25) is 4.79 Å². The Kier molecular flexibility index (Phi) is 7.06. The van der Waals surface area contributed by atoms with Crippen molar-refractivity contribution in [2.45, 2.75) is 87.9 Å². The first-order chi connectivity index (χ1) is 13.8. The van der Waals surface area contributed by atoms with Gasteiger partial charge in [0.15, 0.2) is 0 Å². The average Bonchev–Trinajstić information content (AvgIpc) is 3.05. The number of aromatic nitrogens is 1. The summed E-state index contributed by atoms with van der Waals surface area (Å²) in [5.74, 6) is 1.64. The van der Waals surface area contributed by atoms with E-state index in [4.69, 9.17) is 9.26 Å². The first-order valence-electron chi connectivity index (χ1n) is 10.5. The highest BCUT2D eigenvalue weighted by Gasteiger charge is 2.36. The molecule has 2 aliphatic carbocycles. The van der Waals surface area contributed by atoms with E-state index in [0.717, 1.165) is 12.3 Å². The number of nitrogens with one attached hydrogen (secondary N) is 1. The number of ether oxygens (including phenoxy) is 1. The Morgan fingerprint density at radius 2 is 2.17 bits per heavy atom. The summed E-state index contributed by atoms with van der Waals surface area (Å²) in [5, 5.41) is 7.41. The summed E-state index contributed by atoms with van der Waals surface area (Å²) in [7, 11) is 0. The van der Waals surface area contributed by atoms with Crippen molar-refractivity contribution in [3.63, 3.8) is 0 Å². The van der Waals surface area contributed by atoms with Gasteiger partial charge in [-0.05, 0) is 56.5 Å². The Morgan fingerprint density at radius 1 is 1.38 bits per heavy atom. The van der Waals surface area contributed by atoms with E-state index in [-0.39, 0.29) is 35.4 Å². The number of isocyanates is 1. The van der Waals surface area contributed by atoms with Gasteiger partial charge in [0.05, 0.1) is 0 Å². The van der Waals surface area contributed by atoms with Crippen LogP contribution in [0.5, 0.6) is 5.88 Å². The summed E-state index contributed by atoms with van der Waals surface area (Å²) >= 11 is 1.48. The van der Waals surface area contributed by atoms with Crippen molar-refractivity contribution in [3.8, 4) is 5.88 Å². The van der Waals surface area contributed by atoms with Crippen LogP contribution in [-0.4, -0.2) is 40.6 Å². The van der Waals surface area contributed by atoms with Crippen molar-refractivity contribution in [1.82, 2.24) is 10.5 Å². The quantitative estimate of drug-likeness (QED) is 0.381. The van der Waals surface area contributed by atoms with E-state index in [0.29, 0.717) is 10.8 Å². The minimum atomic E-state index is -0.734. The number of hydrogen-bond acceptors (Lipinski definition) is 7. The Morgan fingerprint density at radius 3 is 2.90 bits per heavy atom. The number of carbonyl (C=O) groups excluding carboxylic acids is 2. The van der Waals surface area contributed by atoms with Crippen LogP contribution in [0.4, 0.5) is 0 Å². The highest BCUT2D eigenvalue weighted by molar-refractivity contribution is 8.00. The Labute approximate surface area is 176 Å². The van der Waals surface area contributed by atoms with E-state index >= 15 is 0 Å². The van der Waals surface area contributed by atoms with Crippen molar-refractivity contribution >= 4 is 23.7 Å². The van der Waals surface area contributed by atoms with E-state index in [1.54, 1.807) is 19.9 Å². The van der Waals surface area contributed by atoms with Gasteiger partial charge in [-0.15, -0.1) is 11.8 Å². The molecule has 8 heteroatoms. The zero-order valence-corrected chi connectivity index (χ0v) is 18.5. The fraction of sp³-hybridized carbons (Fsp3) is 0.762. The lowest BCUT2D eigenvalue weighted by molar-refractivity contribution is 0.0811. The highest BCUT2D eigenvalue weighted by atomic mass is 32.2. The molecule has 160 valence electrons. The molecule has 1 amide bonds. The molecule has 0 radical (unpaired) electrons. The standard InChI is InChI=1S/C21H31N3O4S/c1-13(2)29-18-17(28-24-20(18)27-11-21(3,4)22-12-25)19(26)23-16-9-8-14-6-5-7-15(16)10-14/h13-16H,5-11H2,1-4H3,(H,23,26). The number of rotatable bonds is 8. The van der Waals surface area contributed by atoms with E-state index in [9.17, 15) is 9.59 Å². The SMILES string of the molecule is CC(C)Sc1c(OCC(C)(C)N=C=O)noc1C(=O)NC1CCC2CCCC1C2. The minimum Gasteiger partial charge on any atom is -0.472 e. The number of hydrogen-bond donors (Lipinski definition) is 1. The summed E-state index contributed by atoms with van der Waals surface area (Å²) in [4.78, 5) is 27.9. The molecule has 0 aliphatic heterocycles. The molecule has 1 heterocycles. The second-order valence-corrected chi connectivity index (χ2v) is 10.7. The Balaban J connectivity index is 1.72. The maximum absolute atomic E-state index is 13.0. The van der Waals surface area contributed by atoms with Crippen molar-refractivity contribution in [2.24, 2.45) is 16.8 Å². The van der Waals surface area contributed by atoms with Crippen molar-refractivity contribution in [1.29, 1.82) is 0 Å². The van der Waals surface area contributed by atoms with Crippen LogP contribution in [0.3, 0.4) is 0 Å². The maximum Gasteiger partial charge on any atom is 0.291 e. The molecule has 0 saturated heterocycles. The van der Waals surface area contributed by atoms with E-state index < -0.39 is 5.54 Å². The molecule has 29 heavy (non-hydrogen) atoms. The fourth-order valence-electron chi connectivity index (χ4n) is 4.28. The molecular weight excluding hydrogens is 390 g/mol. The highest BCUT2D eigenvalue weighted by Crippen LogP contribution is 2.40. The average molecular weight is 422 g/mol. The predicted octanol–water partition coefficient (Wildman–Crippen LogP) is 4.37. The molecule has 3 rings (SSSR count). The molecule has 0 spiro atoms. The number of amides is 1. The van der Waals surface area contributed by atoms with Crippen LogP contribution in [0, 0.1) is 11.8 Å². The Bertz CT molecular complexity index is 770. The van der Waals surface area contributed by atoms with Gasteiger partial charge in [0.1, 0.15) is 17.0 Å². The number of fused-ring (bicyclic) bond motifs is 2. The van der Waals surface area contributed by atoms with E-state index in [1.807, 2.05) is 13.8 Å². The molecule has 2 fully saturated rings. The lowest BCUT2D eigenvalue weighted by Gasteiger charge is -2.40. The third kappa shape index (κ3) is 5.64. The molecule has 2 saturated carbocycles. The van der Waals surface area contributed by atoms with Gasteiger partial charge in [0.25, 0.3) is 11.8 Å². The molecule has 3 unspecified atom stereocenters. The van der Waals surface area contributed by atoms with Gasteiger partial charge < -0.3 is 14.6 Å². The predicted molar refractivity (Wildman–Crippen MR) is 111 cm³/mol. The monoisotopic (exact) mass is 421 g/mol. The van der Waals surface area contributed by atoms with E-state index in [1.165, 1.54) is 43.9 Å². The van der Waals surface area contributed by atoms with Crippen molar-refractivity contribution in [3.05, 3.63) is 5.76 Å². The first-order valence-corrected chi connectivity index (χ1v) is 11.4. The maximum atomic E-state index is 13.0. The lowest BCUT2D eigenvalue weighted by atomic mass is 9.70. The zero-order chi connectivity index (χ0) is 21.0. The summed E-state index contributed by atoms with van der Waals surface area (Å²) < 4.78 is 11.2. The second-order valence-electron chi connectivity index (χ2n) is 9.07. The summed E-state index contributed by atoms with van der Waals surface area (Å²) in [6, 6.07) is 0.200. The van der Waals surface area contributed by atoms with Crippen LogP contribution in [-0.2, 0) is 4.79 Å². The number of aliphatic imine (C=N–C) groups is 1. The summed E-state index contributed by atoms with van der Waals surface area (Å²) in [6.07, 6.45) is 8.77. The van der Waals surface area contributed by atoms with Gasteiger partial charge in [0, 0.05) is 11.3 Å². The smallest absolute Gasteiger partial charge is 0.291 e. The van der Waals surface area contributed by atoms with Crippen LogP contribution in [0.2, 0.25) is 0 Å². The van der Waals surface area contributed by atoms with Gasteiger partial charge in [-0.1, -0.05) is 26.7 Å². The minimum absolute atomic E-state index is 0.133. The summed E-state index contributed by atoms with van der Waals surface area (Å²) in [6.45, 7) is 7.73. The van der Waals surface area contributed by atoms with Crippen LogP contribution < -0.4 is 10.1 Å². The molecular formula is C21H31N3O4S. The van der Waals surface area contributed by atoms with Gasteiger partial charge in [-0.25, -0.2) is 4.79 Å². The second kappa shape index (κ2) is 9.35. The molecule has 3 atom stereocenters. The lowest BCUT2D eigenvalue weighted by Crippen LogP contribution is -2.45. The van der Waals surface area contributed by atoms with Crippen LogP contribution in [0.25, 0.3) is 0 Å². The van der Waals surface area contributed by atoms with Gasteiger partial charge in [-0.2, -0.15) is 4.99 Å². The van der Waals surface area contributed by atoms with Crippen LogP contribution in [0.1, 0.15) is 76.8 Å². The molecule has 7 nitrogen and oxygen atoms in total. The van der Waals surface area contributed by atoms with Crippen LogP contribution >= 0.6 is 11.8 Å². The van der Waals surface area contributed by atoms with Gasteiger partial charge >= 0.3 is 0 Å². The van der Waals surface area contributed by atoms with E-state index in [2.05, 4.69) is 15.5 Å². The number of carbonyl (C=O) groups is 1. The molecule has 0 aromatic carbocycles. The third-order valence-electron chi connectivity index (χ3n) is 5.69. The third-order valence-corrected chi connectivity index (χ3v) is 6.75. The molecule has 2 aliphatic rings.